The van der Waals surface area contributed by atoms with Gasteiger partial charge >= 0.3 is 5.97 Å². The number of carbonyl (C=O) groups is 2. The van der Waals surface area contributed by atoms with Crippen molar-refractivity contribution < 1.29 is 27.8 Å². The van der Waals surface area contributed by atoms with Crippen molar-refractivity contribution in [2.24, 2.45) is 0 Å². The van der Waals surface area contributed by atoms with Crippen LogP contribution in [-0.2, 0) is 9.59 Å². The Kier molecular flexibility index (Phi) is 4.85. The second-order valence-electron chi connectivity index (χ2n) is 4.67. The molecule has 0 aliphatic carbocycles. The number of carbonyl (C=O) groups excluding carboxylic acids is 2. The fourth-order valence-corrected chi connectivity index (χ4v) is 1.80. The molecule has 2 aromatic rings. The van der Waals surface area contributed by atoms with Gasteiger partial charge in [-0.1, -0.05) is 12.6 Å². The van der Waals surface area contributed by atoms with Crippen LogP contribution in [0, 0.1) is 11.6 Å². The Balaban J connectivity index is 2.31. The minimum Gasteiger partial charge on any atom is -0.429 e. The lowest BCUT2D eigenvalue weighted by Gasteiger charge is -2.09. The molecule has 2 rings (SSSR count). The van der Waals surface area contributed by atoms with Gasteiger partial charge in [0.15, 0.2) is 11.6 Å². The van der Waals surface area contributed by atoms with E-state index in [0.717, 1.165) is 12.1 Å². The van der Waals surface area contributed by atoms with E-state index in [4.69, 9.17) is 4.74 Å². The van der Waals surface area contributed by atoms with E-state index in [1.54, 1.807) is 0 Å². The van der Waals surface area contributed by atoms with Crippen molar-refractivity contribution in [3.8, 4) is 22.6 Å². The van der Waals surface area contributed by atoms with Gasteiger partial charge < -0.3 is 9.47 Å². The number of rotatable bonds is 5. The van der Waals surface area contributed by atoms with E-state index in [2.05, 4.69) is 11.3 Å². The molecule has 0 heterocycles. The minimum absolute atomic E-state index is 0.0359. The predicted molar refractivity (Wildman–Crippen MR) is 78.9 cm³/mol. The third-order valence-electron chi connectivity index (χ3n) is 2.92. The third-order valence-corrected chi connectivity index (χ3v) is 2.92. The minimum atomic E-state index is -0.815. The van der Waals surface area contributed by atoms with Crippen LogP contribution in [0.2, 0.25) is 0 Å². The normalized spacial score (nSPS) is 10.0. The molecule has 23 heavy (non-hydrogen) atoms. The van der Waals surface area contributed by atoms with Crippen molar-refractivity contribution in [1.29, 1.82) is 0 Å². The average Bonchev–Trinajstić information content (AvgIpc) is 2.49. The summed E-state index contributed by atoms with van der Waals surface area (Å²) < 4.78 is 37.3. The zero-order valence-corrected chi connectivity index (χ0v) is 12.1. The van der Waals surface area contributed by atoms with Gasteiger partial charge in [0.2, 0.25) is 0 Å². The molecular formula is C17H12F2O4. The van der Waals surface area contributed by atoms with E-state index in [9.17, 15) is 18.4 Å². The number of esters is 1. The smallest absolute Gasteiger partial charge is 0.338 e. The Bertz CT molecular complexity index is 784. The van der Waals surface area contributed by atoms with Crippen molar-refractivity contribution in [3.63, 3.8) is 0 Å². The summed E-state index contributed by atoms with van der Waals surface area (Å²) in [5.41, 5.74) is 0.484. The summed E-state index contributed by atoms with van der Waals surface area (Å²) in [6, 6.07) is 7.40. The van der Waals surface area contributed by atoms with Crippen LogP contribution in [0.4, 0.5) is 8.78 Å². The summed E-state index contributed by atoms with van der Waals surface area (Å²) in [7, 11) is 0. The van der Waals surface area contributed by atoms with E-state index in [1.807, 2.05) is 0 Å². The average molecular weight is 318 g/mol. The summed E-state index contributed by atoms with van der Waals surface area (Å²) in [6.45, 7) is 5.01. The van der Waals surface area contributed by atoms with Crippen LogP contribution < -0.4 is 9.47 Å². The summed E-state index contributed by atoms with van der Waals surface area (Å²) in [6.07, 6.45) is 0. The Labute approximate surface area is 131 Å². The second-order valence-corrected chi connectivity index (χ2v) is 4.67. The van der Waals surface area contributed by atoms with Crippen molar-refractivity contribution in [2.75, 3.05) is 0 Å². The molecule has 0 amide bonds. The highest BCUT2D eigenvalue weighted by Gasteiger charge is 2.13. The SMILES string of the molecule is C=C(C)C(=O)Oc1ccc(-c2ccc(OC=O)cc2F)cc1F. The number of hydrogen-bond acceptors (Lipinski definition) is 4. The summed E-state index contributed by atoms with van der Waals surface area (Å²) in [5, 5.41) is 0. The van der Waals surface area contributed by atoms with E-state index in [1.165, 1.54) is 31.2 Å². The third kappa shape index (κ3) is 3.79. The molecule has 0 saturated carbocycles. The van der Waals surface area contributed by atoms with Crippen LogP contribution in [0.25, 0.3) is 11.1 Å². The van der Waals surface area contributed by atoms with Crippen LogP contribution in [-0.4, -0.2) is 12.4 Å². The molecule has 118 valence electrons. The number of benzene rings is 2. The second kappa shape index (κ2) is 6.83. The van der Waals surface area contributed by atoms with Gasteiger partial charge in [-0.25, -0.2) is 13.6 Å². The first-order chi connectivity index (χ1) is 10.9. The van der Waals surface area contributed by atoms with Crippen LogP contribution >= 0.6 is 0 Å². The van der Waals surface area contributed by atoms with Crippen LogP contribution in [0.15, 0.2) is 48.6 Å². The number of halogens is 2. The molecule has 0 spiro atoms. The van der Waals surface area contributed by atoms with Crippen LogP contribution in [0.3, 0.4) is 0 Å². The zero-order valence-electron chi connectivity index (χ0n) is 12.1. The predicted octanol–water partition coefficient (Wildman–Crippen LogP) is 3.65. The molecule has 4 nitrogen and oxygen atoms in total. The first kappa shape index (κ1) is 16.4. The van der Waals surface area contributed by atoms with Gasteiger partial charge in [0.1, 0.15) is 11.6 Å². The lowest BCUT2D eigenvalue weighted by Crippen LogP contribution is -2.09. The number of hydrogen-bond donors (Lipinski definition) is 0. The van der Waals surface area contributed by atoms with Gasteiger partial charge in [-0.05, 0) is 36.8 Å². The highest BCUT2D eigenvalue weighted by Crippen LogP contribution is 2.29. The van der Waals surface area contributed by atoms with E-state index >= 15 is 0 Å². The lowest BCUT2D eigenvalue weighted by molar-refractivity contribution is -0.130. The number of ether oxygens (including phenoxy) is 2. The summed E-state index contributed by atoms with van der Waals surface area (Å²) >= 11 is 0. The summed E-state index contributed by atoms with van der Waals surface area (Å²) in [4.78, 5) is 21.6. The topological polar surface area (TPSA) is 52.6 Å². The van der Waals surface area contributed by atoms with Crippen molar-refractivity contribution in [2.45, 2.75) is 6.92 Å². The summed E-state index contributed by atoms with van der Waals surface area (Å²) in [5.74, 6) is -2.49. The van der Waals surface area contributed by atoms with Crippen LogP contribution in [0.5, 0.6) is 11.5 Å². The molecule has 0 aliphatic heterocycles. The maximum absolute atomic E-state index is 14.0. The van der Waals surface area contributed by atoms with Gasteiger partial charge in [-0.15, -0.1) is 0 Å². The van der Waals surface area contributed by atoms with Crippen molar-refractivity contribution >= 4 is 12.4 Å². The quantitative estimate of drug-likeness (QED) is 0.365. The van der Waals surface area contributed by atoms with E-state index < -0.39 is 17.6 Å². The van der Waals surface area contributed by atoms with E-state index in [0.29, 0.717) is 0 Å². The van der Waals surface area contributed by atoms with Crippen molar-refractivity contribution in [1.82, 2.24) is 0 Å². The van der Waals surface area contributed by atoms with Gasteiger partial charge in [0, 0.05) is 17.2 Å². The Morgan fingerprint density at radius 1 is 1.13 bits per heavy atom. The molecule has 0 aliphatic rings. The first-order valence-corrected chi connectivity index (χ1v) is 6.50. The molecule has 2 aromatic carbocycles. The zero-order chi connectivity index (χ0) is 17.0. The Morgan fingerprint density at radius 2 is 1.87 bits per heavy atom. The van der Waals surface area contributed by atoms with Gasteiger partial charge in [-0.3, -0.25) is 4.79 Å². The molecular weight excluding hydrogens is 306 g/mol. The van der Waals surface area contributed by atoms with Gasteiger partial charge in [0.25, 0.3) is 6.47 Å². The monoisotopic (exact) mass is 318 g/mol. The fraction of sp³-hybridized carbons (Fsp3) is 0.0588. The first-order valence-electron chi connectivity index (χ1n) is 6.50. The highest BCUT2D eigenvalue weighted by atomic mass is 19.1. The highest BCUT2D eigenvalue weighted by molar-refractivity contribution is 5.88. The molecule has 0 aromatic heterocycles. The molecule has 0 radical (unpaired) electrons. The Hall–Kier alpha value is -3.02. The maximum Gasteiger partial charge on any atom is 0.338 e. The molecule has 0 atom stereocenters. The van der Waals surface area contributed by atoms with Gasteiger partial charge in [0.05, 0.1) is 0 Å². The molecule has 0 fully saturated rings. The molecule has 0 bridgehead atoms. The van der Waals surface area contributed by atoms with Gasteiger partial charge in [-0.2, -0.15) is 0 Å². The molecule has 0 saturated heterocycles. The lowest BCUT2D eigenvalue weighted by atomic mass is 10.0. The standard InChI is InChI=1S/C17H12F2O4/c1-10(2)17(21)23-16-6-3-11(7-15(16)19)13-5-4-12(22-9-20)8-14(13)18/h3-9H,1H2,2H3. The molecule has 6 heteroatoms. The Morgan fingerprint density at radius 3 is 2.43 bits per heavy atom. The fourth-order valence-electron chi connectivity index (χ4n) is 1.80. The van der Waals surface area contributed by atoms with Crippen LogP contribution in [0.1, 0.15) is 6.92 Å². The largest absolute Gasteiger partial charge is 0.429 e. The maximum atomic E-state index is 14.0. The van der Waals surface area contributed by atoms with Crippen molar-refractivity contribution in [3.05, 3.63) is 60.2 Å². The molecule has 0 N–H and O–H groups in total. The van der Waals surface area contributed by atoms with E-state index in [-0.39, 0.29) is 34.7 Å². The molecule has 0 unspecified atom stereocenters.